The predicted octanol–water partition coefficient (Wildman–Crippen LogP) is 5.01. The van der Waals surface area contributed by atoms with E-state index in [4.69, 9.17) is 4.74 Å². The van der Waals surface area contributed by atoms with Crippen LogP contribution in [-0.4, -0.2) is 105 Å². The van der Waals surface area contributed by atoms with Crippen molar-refractivity contribution in [2.45, 2.75) is 38.3 Å². The van der Waals surface area contributed by atoms with E-state index in [1.54, 1.807) is 21.9 Å². The van der Waals surface area contributed by atoms with Crippen LogP contribution in [0.4, 0.5) is 16.2 Å². The van der Waals surface area contributed by atoms with E-state index >= 15 is 0 Å². The van der Waals surface area contributed by atoms with Gasteiger partial charge >= 0.3 is 6.09 Å². The predicted molar refractivity (Wildman–Crippen MR) is 184 cm³/mol. The summed E-state index contributed by atoms with van der Waals surface area (Å²) in [5.41, 5.74) is 4.11. The molecule has 3 amide bonds. The molecule has 0 radical (unpaired) electrons. The van der Waals surface area contributed by atoms with Gasteiger partial charge in [-0.15, -0.1) is 0 Å². The number of likely N-dealkylation sites (tertiary alicyclic amines) is 1. The Morgan fingerprint density at radius 2 is 1.57 bits per heavy atom. The van der Waals surface area contributed by atoms with E-state index in [-0.39, 0.29) is 17.9 Å². The average Bonchev–Trinajstić information content (AvgIpc) is 3.08. The minimum absolute atomic E-state index is 0.00454. The fraction of sp³-hybridized carbons (Fsp3) is 0.417. The van der Waals surface area contributed by atoms with Gasteiger partial charge in [-0.2, -0.15) is 0 Å². The maximum absolute atomic E-state index is 13.1. The van der Waals surface area contributed by atoms with Crippen LogP contribution in [0.15, 0.2) is 78.9 Å². The molecule has 0 aromatic heterocycles. The monoisotopic (exact) mass is 628 g/mol. The zero-order chi connectivity index (χ0) is 32.9. The zero-order valence-corrected chi connectivity index (χ0v) is 27.5. The van der Waals surface area contributed by atoms with Crippen LogP contribution in [0.3, 0.4) is 0 Å². The summed E-state index contributed by atoms with van der Waals surface area (Å²) in [6.07, 6.45) is 1.79. The topological polar surface area (TPSA) is 106 Å². The van der Waals surface area contributed by atoms with Crippen molar-refractivity contribution >= 4 is 29.3 Å². The first-order chi connectivity index (χ1) is 22.2. The van der Waals surface area contributed by atoms with Crippen LogP contribution in [-0.2, 0) is 9.53 Å². The Kier molecular flexibility index (Phi) is 13.0. The summed E-state index contributed by atoms with van der Waals surface area (Å²) < 4.78 is 5.77. The lowest BCUT2D eigenvalue weighted by Crippen LogP contribution is -2.45. The van der Waals surface area contributed by atoms with Crippen molar-refractivity contribution in [3.05, 3.63) is 84.4 Å². The highest BCUT2D eigenvalue weighted by molar-refractivity contribution is 5.94. The Labute approximate surface area is 273 Å². The Morgan fingerprint density at radius 3 is 2.26 bits per heavy atom. The van der Waals surface area contributed by atoms with E-state index in [1.807, 2.05) is 94.8 Å². The van der Waals surface area contributed by atoms with Gasteiger partial charge < -0.3 is 30.1 Å². The molecular weight excluding hydrogens is 580 g/mol. The van der Waals surface area contributed by atoms with Crippen LogP contribution >= 0.6 is 0 Å². The number of amides is 3. The van der Waals surface area contributed by atoms with Gasteiger partial charge in [0.25, 0.3) is 5.91 Å². The molecule has 0 saturated carbocycles. The van der Waals surface area contributed by atoms with Crippen molar-refractivity contribution in [2.24, 2.45) is 0 Å². The van der Waals surface area contributed by atoms with Gasteiger partial charge in [-0.3, -0.25) is 14.9 Å². The fourth-order valence-corrected chi connectivity index (χ4v) is 5.57. The third-order valence-electron chi connectivity index (χ3n) is 8.34. The molecule has 0 bridgehead atoms. The average molecular weight is 629 g/mol. The number of nitrogens with zero attached hydrogens (tertiary/aromatic N) is 3. The molecule has 1 unspecified atom stereocenters. The molecule has 1 atom stereocenters. The maximum Gasteiger partial charge on any atom is 0.411 e. The molecule has 3 aromatic carbocycles. The van der Waals surface area contributed by atoms with Gasteiger partial charge in [0.05, 0.1) is 5.69 Å². The number of anilines is 2. The molecule has 4 rings (SSSR count). The quantitative estimate of drug-likeness (QED) is 0.216. The molecule has 1 aliphatic rings. The van der Waals surface area contributed by atoms with E-state index in [9.17, 15) is 14.4 Å². The number of hydrogen-bond donors (Lipinski definition) is 3. The molecule has 3 N–H and O–H groups in total. The number of para-hydroxylation sites is 1. The molecule has 1 saturated heterocycles. The van der Waals surface area contributed by atoms with Crippen molar-refractivity contribution in [1.29, 1.82) is 0 Å². The van der Waals surface area contributed by atoms with E-state index in [0.29, 0.717) is 18.7 Å². The molecule has 1 fully saturated rings. The summed E-state index contributed by atoms with van der Waals surface area (Å²) in [6, 6.07) is 24.5. The Bertz CT molecular complexity index is 1410. The number of carbonyl (C=O) groups excluding carboxylic acids is 3. The van der Waals surface area contributed by atoms with Crippen molar-refractivity contribution in [1.82, 2.24) is 20.0 Å². The smallest absolute Gasteiger partial charge is 0.411 e. The highest BCUT2D eigenvalue weighted by Gasteiger charge is 2.24. The van der Waals surface area contributed by atoms with E-state index in [2.05, 4.69) is 20.9 Å². The number of hydrogen-bond acceptors (Lipinski definition) is 7. The number of benzene rings is 3. The fourth-order valence-electron chi connectivity index (χ4n) is 5.57. The van der Waals surface area contributed by atoms with Gasteiger partial charge in [-0.25, -0.2) is 4.79 Å². The van der Waals surface area contributed by atoms with Crippen molar-refractivity contribution in [3.8, 4) is 11.1 Å². The van der Waals surface area contributed by atoms with Gasteiger partial charge in [-0.1, -0.05) is 48.5 Å². The first-order valence-corrected chi connectivity index (χ1v) is 16.1. The van der Waals surface area contributed by atoms with Crippen molar-refractivity contribution in [3.63, 3.8) is 0 Å². The lowest BCUT2D eigenvalue weighted by Gasteiger charge is -2.33. The molecule has 1 aliphatic heterocycles. The maximum atomic E-state index is 13.1. The first-order valence-electron chi connectivity index (χ1n) is 16.1. The number of rotatable bonds is 14. The highest BCUT2D eigenvalue weighted by Crippen LogP contribution is 2.28. The largest absolute Gasteiger partial charge is 0.446 e. The second kappa shape index (κ2) is 17.3. The number of carbonyl (C=O) groups is 3. The molecule has 10 nitrogen and oxygen atoms in total. The second-order valence-corrected chi connectivity index (χ2v) is 11.9. The number of piperidine rings is 1. The first kappa shape index (κ1) is 34.5. The molecule has 0 spiro atoms. The SMILES string of the molecule is CNCCCN(C)C(=O)c1ccc(NC(C)C(=O)N(C)CCN2CCC(OC(=O)Nc3ccccc3-c3ccccc3)CC2)cc1. The number of ether oxygens (including phenoxy) is 1. The highest BCUT2D eigenvalue weighted by atomic mass is 16.6. The third kappa shape index (κ3) is 10.1. The Morgan fingerprint density at radius 1 is 0.891 bits per heavy atom. The van der Waals surface area contributed by atoms with Gasteiger partial charge in [0.2, 0.25) is 5.91 Å². The minimum Gasteiger partial charge on any atom is -0.446 e. The Balaban J connectivity index is 1.16. The van der Waals surface area contributed by atoms with E-state index < -0.39 is 12.1 Å². The van der Waals surface area contributed by atoms with Crippen LogP contribution in [0.25, 0.3) is 11.1 Å². The molecule has 0 aliphatic carbocycles. The molecule has 246 valence electrons. The lowest BCUT2D eigenvalue weighted by molar-refractivity contribution is -0.130. The number of nitrogens with one attached hydrogen (secondary N) is 3. The molecule has 3 aromatic rings. The zero-order valence-electron chi connectivity index (χ0n) is 27.5. The van der Waals surface area contributed by atoms with Gasteiger partial charge in [0.15, 0.2) is 0 Å². The standard InChI is InChI=1S/C36H48N6O4/c1-27(38-30-17-15-29(16-18-30)35(44)40(3)22-10-21-37-2)34(43)41(4)25-26-42-23-19-31(20-24-42)46-36(45)39-33-14-9-8-13-32(33)28-11-6-5-7-12-28/h5-9,11-18,27,31,37-38H,10,19-26H2,1-4H3,(H,39,45). The summed E-state index contributed by atoms with van der Waals surface area (Å²) in [6.45, 7) is 6.33. The molecule has 1 heterocycles. The summed E-state index contributed by atoms with van der Waals surface area (Å²) >= 11 is 0. The van der Waals surface area contributed by atoms with E-state index in [0.717, 1.165) is 67.9 Å². The minimum atomic E-state index is -0.442. The normalized spacial score (nSPS) is 14.3. The second-order valence-electron chi connectivity index (χ2n) is 11.9. The molecule has 10 heteroatoms. The molecule has 46 heavy (non-hydrogen) atoms. The third-order valence-corrected chi connectivity index (χ3v) is 8.34. The van der Waals surface area contributed by atoms with Gasteiger partial charge in [0, 0.05) is 63.6 Å². The van der Waals surface area contributed by atoms with Crippen LogP contribution in [0.2, 0.25) is 0 Å². The summed E-state index contributed by atoms with van der Waals surface area (Å²) in [4.78, 5) is 44.2. The van der Waals surface area contributed by atoms with Crippen LogP contribution < -0.4 is 16.0 Å². The van der Waals surface area contributed by atoms with Crippen LogP contribution in [0.5, 0.6) is 0 Å². The van der Waals surface area contributed by atoms with Crippen molar-refractivity contribution < 1.29 is 19.1 Å². The summed E-state index contributed by atoms with van der Waals surface area (Å²) in [7, 11) is 5.53. The van der Waals surface area contributed by atoms with Crippen LogP contribution in [0, 0.1) is 0 Å². The lowest BCUT2D eigenvalue weighted by atomic mass is 10.0. The van der Waals surface area contributed by atoms with Gasteiger partial charge in [-0.05, 0) is 75.7 Å². The van der Waals surface area contributed by atoms with Crippen LogP contribution in [0.1, 0.15) is 36.5 Å². The van der Waals surface area contributed by atoms with Crippen molar-refractivity contribution in [2.75, 3.05) is 71.0 Å². The summed E-state index contributed by atoms with van der Waals surface area (Å²) in [5, 5.41) is 9.27. The van der Waals surface area contributed by atoms with E-state index in [1.165, 1.54) is 0 Å². The number of likely N-dealkylation sites (N-methyl/N-ethyl adjacent to an activating group) is 1. The molecular formula is C36H48N6O4. The summed E-state index contributed by atoms with van der Waals surface area (Å²) in [5.74, 6) is -0.0231. The van der Waals surface area contributed by atoms with Gasteiger partial charge in [0.1, 0.15) is 12.1 Å². The Hall–Kier alpha value is -4.41.